The molecule has 0 saturated carbocycles. The summed E-state index contributed by atoms with van der Waals surface area (Å²) in [5.74, 6) is -0.529. The molecule has 0 atom stereocenters. The second-order valence-electron chi connectivity index (χ2n) is 7.76. The van der Waals surface area contributed by atoms with E-state index in [0.717, 1.165) is 29.8 Å². The van der Waals surface area contributed by atoms with Gasteiger partial charge in [0.25, 0.3) is 11.8 Å². The van der Waals surface area contributed by atoms with E-state index in [2.05, 4.69) is 16.8 Å². The summed E-state index contributed by atoms with van der Waals surface area (Å²) in [4.78, 5) is 32.7. The number of hydrogen-bond acceptors (Lipinski definition) is 4. The Morgan fingerprint density at radius 1 is 0.862 bits per heavy atom. The van der Waals surface area contributed by atoms with Gasteiger partial charge in [-0.1, -0.05) is 35.9 Å². The number of benzene rings is 2. The van der Waals surface area contributed by atoms with E-state index >= 15 is 0 Å². The quantitative estimate of drug-likeness (QED) is 0.728. The summed E-state index contributed by atoms with van der Waals surface area (Å²) < 4.78 is 0. The van der Waals surface area contributed by atoms with Crippen LogP contribution in [0.4, 0.5) is 5.69 Å². The molecule has 2 aromatic rings. The van der Waals surface area contributed by atoms with Crippen molar-refractivity contribution in [2.75, 3.05) is 38.1 Å². The van der Waals surface area contributed by atoms with Crippen LogP contribution < -0.4 is 4.90 Å². The Balaban J connectivity index is 1.83. The van der Waals surface area contributed by atoms with Crippen molar-refractivity contribution >= 4 is 34.7 Å². The molecule has 2 heterocycles. The van der Waals surface area contributed by atoms with Gasteiger partial charge in [0.05, 0.1) is 11.3 Å². The highest BCUT2D eigenvalue weighted by Crippen LogP contribution is 2.37. The Hall–Kier alpha value is -2.63. The van der Waals surface area contributed by atoms with Crippen molar-refractivity contribution in [3.63, 3.8) is 0 Å². The number of likely N-dealkylation sites (N-methyl/N-ethyl adjacent to an activating group) is 1. The SMILES string of the molecule is Cc1ccc(C)c(N2C(=O)C(c3ccc(Cl)cc3)=C(N3CCN(C)CC3)C2=O)c1. The molecule has 2 aliphatic rings. The summed E-state index contributed by atoms with van der Waals surface area (Å²) in [5.41, 5.74) is 4.22. The van der Waals surface area contributed by atoms with Crippen LogP contribution in [0.5, 0.6) is 0 Å². The van der Waals surface area contributed by atoms with E-state index in [1.54, 1.807) is 12.1 Å². The smallest absolute Gasteiger partial charge is 0.282 e. The van der Waals surface area contributed by atoms with Gasteiger partial charge in [0, 0.05) is 31.2 Å². The van der Waals surface area contributed by atoms with Crippen molar-refractivity contribution in [2.24, 2.45) is 0 Å². The molecule has 1 fully saturated rings. The zero-order valence-electron chi connectivity index (χ0n) is 16.9. The molecule has 150 valence electrons. The number of hydrogen-bond donors (Lipinski definition) is 0. The number of anilines is 1. The highest BCUT2D eigenvalue weighted by atomic mass is 35.5. The monoisotopic (exact) mass is 409 g/mol. The number of carbonyl (C=O) groups excluding carboxylic acids is 2. The molecule has 5 nitrogen and oxygen atoms in total. The Bertz CT molecular complexity index is 1010. The van der Waals surface area contributed by atoms with Gasteiger partial charge >= 0.3 is 0 Å². The van der Waals surface area contributed by atoms with E-state index in [4.69, 9.17) is 11.6 Å². The summed E-state index contributed by atoms with van der Waals surface area (Å²) in [5, 5.41) is 0.596. The van der Waals surface area contributed by atoms with E-state index in [-0.39, 0.29) is 11.8 Å². The van der Waals surface area contributed by atoms with Crippen LogP contribution in [-0.4, -0.2) is 54.8 Å². The first-order chi connectivity index (χ1) is 13.9. The van der Waals surface area contributed by atoms with Crippen LogP contribution >= 0.6 is 11.6 Å². The zero-order valence-corrected chi connectivity index (χ0v) is 17.7. The van der Waals surface area contributed by atoms with Gasteiger partial charge in [-0.15, -0.1) is 0 Å². The van der Waals surface area contributed by atoms with Gasteiger partial charge in [0.15, 0.2) is 0 Å². The molecule has 1 saturated heterocycles. The molecule has 0 N–H and O–H groups in total. The normalized spacial score (nSPS) is 18.2. The van der Waals surface area contributed by atoms with Crippen LogP contribution in [0, 0.1) is 13.8 Å². The maximum atomic E-state index is 13.6. The van der Waals surface area contributed by atoms with Crippen LogP contribution in [0.15, 0.2) is 48.2 Å². The maximum absolute atomic E-state index is 13.6. The third-order valence-electron chi connectivity index (χ3n) is 5.62. The van der Waals surface area contributed by atoms with Gasteiger partial charge in [0.1, 0.15) is 5.70 Å². The van der Waals surface area contributed by atoms with Crippen molar-refractivity contribution in [3.05, 3.63) is 69.9 Å². The number of imide groups is 1. The van der Waals surface area contributed by atoms with Crippen molar-refractivity contribution in [1.82, 2.24) is 9.80 Å². The molecule has 0 bridgehead atoms. The van der Waals surface area contributed by atoms with E-state index in [1.165, 1.54) is 4.90 Å². The van der Waals surface area contributed by atoms with Gasteiger partial charge in [-0.3, -0.25) is 9.59 Å². The van der Waals surface area contributed by atoms with E-state index in [0.29, 0.717) is 35.1 Å². The van der Waals surface area contributed by atoms with Gasteiger partial charge in [-0.25, -0.2) is 4.90 Å². The van der Waals surface area contributed by atoms with Crippen LogP contribution in [0.25, 0.3) is 5.57 Å². The predicted molar refractivity (Wildman–Crippen MR) is 116 cm³/mol. The summed E-state index contributed by atoms with van der Waals surface area (Å²) in [6.07, 6.45) is 0. The van der Waals surface area contributed by atoms with Crippen molar-refractivity contribution < 1.29 is 9.59 Å². The number of nitrogens with zero attached hydrogens (tertiary/aromatic N) is 3. The molecule has 2 amide bonds. The molecule has 0 aliphatic carbocycles. The van der Waals surface area contributed by atoms with Crippen molar-refractivity contribution in [2.45, 2.75) is 13.8 Å². The number of rotatable bonds is 3. The Labute approximate surface area is 176 Å². The van der Waals surface area contributed by atoms with Gasteiger partial charge < -0.3 is 9.80 Å². The molecule has 0 aromatic heterocycles. The fourth-order valence-electron chi connectivity index (χ4n) is 3.90. The van der Waals surface area contributed by atoms with Crippen molar-refractivity contribution in [1.29, 1.82) is 0 Å². The van der Waals surface area contributed by atoms with Crippen LogP contribution in [0.2, 0.25) is 5.02 Å². The van der Waals surface area contributed by atoms with E-state index in [1.807, 2.05) is 44.2 Å². The molecular weight excluding hydrogens is 386 g/mol. The standard InChI is InChI=1S/C23H24ClN3O2/c1-15-4-5-16(2)19(14-15)27-22(28)20(17-6-8-18(24)9-7-17)21(23(27)29)26-12-10-25(3)11-13-26/h4-9,14H,10-13H2,1-3H3. The lowest BCUT2D eigenvalue weighted by molar-refractivity contribution is -0.120. The Morgan fingerprint density at radius 2 is 1.52 bits per heavy atom. The minimum absolute atomic E-state index is 0.252. The Kier molecular flexibility index (Phi) is 5.19. The molecular formula is C23H24ClN3O2. The number of amides is 2. The average Bonchev–Trinajstić information content (AvgIpc) is 2.95. The number of halogens is 1. The predicted octanol–water partition coefficient (Wildman–Crippen LogP) is 3.49. The lowest BCUT2D eigenvalue weighted by atomic mass is 10.0. The summed E-state index contributed by atoms with van der Waals surface area (Å²) in [6.45, 7) is 7.00. The molecule has 29 heavy (non-hydrogen) atoms. The lowest BCUT2D eigenvalue weighted by Gasteiger charge is -2.34. The molecule has 4 rings (SSSR count). The zero-order chi connectivity index (χ0) is 20.7. The van der Waals surface area contributed by atoms with Gasteiger partial charge in [-0.2, -0.15) is 0 Å². The third kappa shape index (κ3) is 3.56. The minimum Gasteiger partial charge on any atom is -0.364 e. The van der Waals surface area contributed by atoms with Crippen LogP contribution in [-0.2, 0) is 9.59 Å². The summed E-state index contributed by atoms with van der Waals surface area (Å²) in [7, 11) is 2.07. The highest BCUT2D eigenvalue weighted by Gasteiger charge is 2.43. The van der Waals surface area contributed by atoms with E-state index < -0.39 is 0 Å². The first kappa shape index (κ1) is 19.7. The molecule has 0 unspecified atom stereocenters. The number of piperazine rings is 1. The van der Waals surface area contributed by atoms with Crippen LogP contribution in [0.1, 0.15) is 16.7 Å². The Morgan fingerprint density at radius 3 is 2.17 bits per heavy atom. The van der Waals surface area contributed by atoms with Crippen LogP contribution in [0.3, 0.4) is 0 Å². The minimum atomic E-state index is -0.278. The maximum Gasteiger partial charge on any atom is 0.282 e. The first-order valence-electron chi connectivity index (χ1n) is 9.76. The molecule has 6 heteroatoms. The highest BCUT2D eigenvalue weighted by molar-refractivity contribution is 6.45. The average molecular weight is 410 g/mol. The molecule has 0 radical (unpaired) electrons. The van der Waals surface area contributed by atoms with Crippen molar-refractivity contribution in [3.8, 4) is 0 Å². The second kappa shape index (κ2) is 7.65. The fraction of sp³-hybridized carbons (Fsp3) is 0.304. The summed E-state index contributed by atoms with van der Waals surface area (Å²) >= 11 is 6.05. The fourth-order valence-corrected chi connectivity index (χ4v) is 4.02. The topological polar surface area (TPSA) is 43.9 Å². The molecule has 2 aromatic carbocycles. The number of aryl methyl sites for hydroxylation is 2. The largest absolute Gasteiger partial charge is 0.364 e. The summed E-state index contributed by atoms with van der Waals surface area (Å²) in [6, 6.07) is 13.0. The third-order valence-corrected chi connectivity index (χ3v) is 5.87. The first-order valence-corrected chi connectivity index (χ1v) is 10.1. The van der Waals surface area contributed by atoms with Gasteiger partial charge in [0.2, 0.25) is 0 Å². The second-order valence-corrected chi connectivity index (χ2v) is 8.19. The lowest BCUT2D eigenvalue weighted by Crippen LogP contribution is -2.46. The molecule has 2 aliphatic heterocycles. The number of carbonyl (C=O) groups is 2. The molecule has 0 spiro atoms. The van der Waals surface area contributed by atoms with E-state index in [9.17, 15) is 9.59 Å². The van der Waals surface area contributed by atoms with Gasteiger partial charge in [-0.05, 0) is 55.8 Å².